The Morgan fingerprint density at radius 2 is 1.59 bits per heavy atom. The van der Waals surface area contributed by atoms with E-state index in [0.29, 0.717) is 29.3 Å². The second-order valence-electron chi connectivity index (χ2n) is 9.65. The second-order valence-corrected chi connectivity index (χ2v) is 11.5. The predicted octanol–water partition coefficient (Wildman–Crippen LogP) is 5.29. The zero-order chi connectivity index (χ0) is 27.8. The molecule has 0 aromatic heterocycles. The van der Waals surface area contributed by atoms with Gasteiger partial charge in [0.25, 0.3) is 15.9 Å². The Kier molecular flexibility index (Phi) is 9.24. The van der Waals surface area contributed by atoms with E-state index < -0.39 is 22.5 Å². The maximum atomic E-state index is 13.7. The summed E-state index contributed by atoms with van der Waals surface area (Å²) in [4.78, 5) is 26.3. The fourth-order valence-electron chi connectivity index (χ4n) is 4.65. The second kappa shape index (κ2) is 12.8. The summed E-state index contributed by atoms with van der Waals surface area (Å²) in [6.07, 6.45) is 5.22. The van der Waals surface area contributed by atoms with Crippen molar-refractivity contribution < 1.29 is 22.7 Å². The van der Waals surface area contributed by atoms with E-state index >= 15 is 0 Å². The molecule has 0 unspecified atom stereocenters. The summed E-state index contributed by atoms with van der Waals surface area (Å²) in [5.74, 6) is -0.266. The van der Waals surface area contributed by atoms with Crippen molar-refractivity contribution in [2.75, 3.05) is 22.8 Å². The number of amides is 2. The van der Waals surface area contributed by atoms with Gasteiger partial charge in [-0.25, -0.2) is 8.42 Å². The van der Waals surface area contributed by atoms with Crippen molar-refractivity contribution in [3.8, 4) is 5.75 Å². The number of rotatable bonds is 10. The van der Waals surface area contributed by atoms with Crippen LogP contribution in [-0.4, -0.2) is 39.4 Å². The van der Waals surface area contributed by atoms with Gasteiger partial charge < -0.3 is 15.4 Å². The number of ether oxygens (including phenoxy) is 1. The number of sulfonamides is 1. The lowest BCUT2D eigenvalue weighted by Gasteiger charge is -2.25. The first-order valence-corrected chi connectivity index (χ1v) is 14.7. The number of anilines is 2. The highest BCUT2D eigenvalue weighted by Gasteiger charge is 2.28. The molecule has 0 heterocycles. The molecule has 206 valence electrons. The molecule has 0 atom stereocenters. The maximum absolute atomic E-state index is 13.7. The molecule has 0 saturated heterocycles. The normalized spacial score (nSPS) is 13.9. The summed E-state index contributed by atoms with van der Waals surface area (Å²) in [5.41, 5.74) is 1.98. The SMILES string of the molecule is CCOc1ccc(S(=O)(=O)N(CC(=O)Nc2ccccc2C(=O)NC2CCCCC2)c2ccc(C)cc2)cc1. The molecule has 2 N–H and O–H groups in total. The highest BCUT2D eigenvalue weighted by molar-refractivity contribution is 7.92. The molecule has 39 heavy (non-hydrogen) atoms. The zero-order valence-corrected chi connectivity index (χ0v) is 23.2. The predicted molar refractivity (Wildman–Crippen MR) is 153 cm³/mol. The molecule has 0 aliphatic heterocycles. The summed E-state index contributed by atoms with van der Waals surface area (Å²) < 4.78 is 33.9. The first kappa shape index (κ1) is 28.2. The Labute approximate surface area is 230 Å². The van der Waals surface area contributed by atoms with Crippen LogP contribution in [0.25, 0.3) is 0 Å². The fraction of sp³-hybridized carbons (Fsp3) is 0.333. The lowest BCUT2D eigenvalue weighted by molar-refractivity contribution is -0.114. The van der Waals surface area contributed by atoms with Gasteiger partial charge in [0.1, 0.15) is 12.3 Å². The third-order valence-electron chi connectivity index (χ3n) is 6.72. The largest absolute Gasteiger partial charge is 0.494 e. The van der Waals surface area contributed by atoms with Crippen LogP contribution in [0.5, 0.6) is 5.75 Å². The number of benzene rings is 3. The van der Waals surface area contributed by atoms with Gasteiger partial charge in [-0.05, 0) is 75.2 Å². The first-order valence-electron chi connectivity index (χ1n) is 13.3. The van der Waals surface area contributed by atoms with Crippen LogP contribution in [-0.2, 0) is 14.8 Å². The van der Waals surface area contributed by atoms with Crippen molar-refractivity contribution in [1.82, 2.24) is 5.32 Å². The van der Waals surface area contributed by atoms with Gasteiger partial charge >= 0.3 is 0 Å². The minimum absolute atomic E-state index is 0.0339. The average Bonchev–Trinajstić information content (AvgIpc) is 2.93. The van der Waals surface area contributed by atoms with Crippen molar-refractivity contribution >= 4 is 33.2 Å². The molecule has 1 aliphatic rings. The quantitative estimate of drug-likeness (QED) is 0.358. The standard InChI is InChI=1S/C30H35N3O5S/c1-3-38-25-17-19-26(20-18-25)39(36,37)33(24-15-13-22(2)14-16-24)21-29(34)32-28-12-8-7-11-27(28)30(35)31-23-9-5-4-6-10-23/h7-8,11-20,23H,3-6,9-10,21H2,1-2H3,(H,31,35)(H,32,34). The molecule has 1 fully saturated rings. The van der Waals surface area contributed by atoms with Gasteiger partial charge in [0.15, 0.2) is 0 Å². The molecule has 0 bridgehead atoms. The van der Waals surface area contributed by atoms with E-state index in [2.05, 4.69) is 10.6 Å². The molecule has 9 heteroatoms. The number of hydrogen-bond donors (Lipinski definition) is 2. The van der Waals surface area contributed by atoms with Crippen LogP contribution in [0.3, 0.4) is 0 Å². The van der Waals surface area contributed by atoms with E-state index in [1.807, 2.05) is 13.8 Å². The summed E-state index contributed by atoms with van der Waals surface area (Å²) in [6, 6.07) is 19.9. The molecular formula is C30H35N3O5S. The molecule has 3 aromatic rings. The summed E-state index contributed by atoms with van der Waals surface area (Å²) in [6.45, 7) is 3.73. The zero-order valence-electron chi connectivity index (χ0n) is 22.4. The van der Waals surface area contributed by atoms with E-state index in [0.717, 1.165) is 35.6 Å². The van der Waals surface area contributed by atoms with Crippen LogP contribution in [0.2, 0.25) is 0 Å². The summed E-state index contributed by atoms with van der Waals surface area (Å²) >= 11 is 0. The van der Waals surface area contributed by atoms with Gasteiger partial charge in [0, 0.05) is 6.04 Å². The van der Waals surface area contributed by atoms with Gasteiger partial charge in [0.2, 0.25) is 5.91 Å². The summed E-state index contributed by atoms with van der Waals surface area (Å²) in [5, 5.41) is 5.84. The molecule has 1 aliphatic carbocycles. The molecule has 4 rings (SSSR count). The molecule has 2 amide bonds. The Hall–Kier alpha value is -3.85. The number of carbonyl (C=O) groups excluding carboxylic acids is 2. The van der Waals surface area contributed by atoms with Gasteiger partial charge in [-0.2, -0.15) is 0 Å². The molecule has 0 radical (unpaired) electrons. The van der Waals surface area contributed by atoms with Crippen molar-refractivity contribution in [3.63, 3.8) is 0 Å². The smallest absolute Gasteiger partial charge is 0.264 e. The number of para-hydroxylation sites is 1. The van der Waals surface area contributed by atoms with Gasteiger partial charge in [0.05, 0.1) is 28.4 Å². The Bertz CT molecular complexity index is 1380. The van der Waals surface area contributed by atoms with Crippen molar-refractivity contribution in [3.05, 3.63) is 83.9 Å². The number of carbonyl (C=O) groups is 2. The third-order valence-corrected chi connectivity index (χ3v) is 8.51. The van der Waals surface area contributed by atoms with Gasteiger partial charge in [-0.1, -0.05) is 49.1 Å². The minimum atomic E-state index is -4.09. The molecule has 1 saturated carbocycles. The highest BCUT2D eigenvalue weighted by atomic mass is 32.2. The number of nitrogens with zero attached hydrogens (tertiary/aromatic N) is 1. The third kappa shape index (κ3) is 7.17. The van der Waals surface area contributed by atoms with Crippen LogP contribution in [0.15, 0.2) is 77.7 Å². The van der Waals surface area contributed by atoms with E-state index in [4.69, 9.17) is 4.74 Å². The highest BCUT2D eigenvalue weighted by Crippen LogP contribution is 2.26. The number of hydrogen-bond acceptors (Lipinski definition) is 5. The van der Waals surface area contributed by atoms with E-state index in [1.165, 1.54) is 18.6 Å². The lowest BCUT2D eigenvalue weighted by Crippen LogP contribution is -2.39. The van der Waals surface area contributed by atoms with E-state index in [9.17, 15) is 18.0 Å². The van der Waals surface area contributed by atoms with Crippen LogP contribution in [0.4, 0.5) is 11.4 Å². The Morgan fingerprint density at radius 3 is 2.26 bits per heavy atom. The van der Waals surface area contributed by atoms with Crippen LogP contribution in [0, 0.1) is 6.92 Å². The Balaban J connectivity index is 1.56. The van der Waals surface area contributed by atoms with Crippen molar-refractivity contribution in [2.45, 2.75) is 56.9 Å². The molecule has 3 aromatic carbocycles. The van der Waals surface area contributed by atoms with E-state index in [-0.39, 0.29) is 16.8 Å². The molecular weight excluding hydrogens is 514 g/mol. The summed E-state index contributed by atoms with van der Waals surface area (Å²) in [7, 11) is -4.09. The van der Waals surface area contributed by atoms with Crippen LogP contribution in [0.1, 0.15) is 54.9 Å². The average molecular weight is 550 g/mol. The topological polar surface area (TPSA) is 105 Å². The minimum Gasteiger partial charge on any atom is -0.494 e. The number of aryl methyl sites for hydroxylation is 1. The van der Waals surface area contributed by atoms with Crippen LogP contribution < -0.4 is 19.7 Å². The maximum Gasteiger partial charge on any atom is 0.264 e. The Morgan fingerprint density at radius 1 is 0.923 bits per heavy atom. The van der Waals surface area contributed by atoms with Gasteiger partial charge in [-0.3, -0.25) is 13.9 Å². The molecule has 8 nitrogen and oxygen atoms in total. The fourth-order valence-corrected chi connectivity index (χ4v) is 6.07. The van der Waals surface area contributed by atoms with Gasteiger partial charge in [-0.15, -0.1) is 0 Å². The van der Waals surface area contributed by atoms with Crippen LogP contribution >= 0.6 is 0 Å². The van der Waals surface area contributed by atoms with Crippen molar-refractivity contribution in [1.29, 1.82) is 0 Å². The molecule has 0 spiro atoms. The lowest BCUT2D eigenvalue weighted by atomic mass is 9.95. The first-order chi connectivity index (χ1) is 18.8. The van der Waals surface area contributed by atoms with E-state index in [1.54, 1.807) is 60.7 Å². The monoisotopic (exact) mass is 549 g/mol. The van der Waals surface area contributed by atoms with Crippen molar-refractivity contribution in [2.24, 2.45) is 0 Å². The number of nitrogens with one attached hydrogen (secondary N) is 2.